The van der Waals surface area contributed by atoms with E-state index in [0.29, 0.717) is 32.1 Å². The summed E-state index contributed by atoms with van der Waals surface area (Å²) in [7, 11) is 0. The van der Waals surface area contributed by atoms with Gasteiger partial charge in [-0.3, -0.25) is 9.59 Å². The third kappa shape index (κ3) is 5.80. The Kier molecular flexibility index (Phi) is 8.65. The van der Waals surface area contributed by atoms with Crippen LogP contribution in [0.1, 0.15) is 12.0 Å². The Balaban J connectivity index is 1.55. The van der Waals surface area contributed by atoms with Crippen LogP contribution in [0.4, 0.5) is 0 Å². The number of carbonyl (C=O) groups excluding carboxylic acids is 3. The second kappa shape index (κ2) is 11.0. The lowest BCUT2D eigenvalue weighted by molar-refractivity contribution is -0.161. The zero-order valence-corrected chi connectivity index (χ0v) is 24.1. The number of nitrogens with two attached hydrogens (primary N) is 1. The van der Waals surface area contributed by atoms with E-state index in [1.807, 2.05) is 24.3 Å². The maximum Gasteiger partial charge on any atom is 0.335 e. The van der Waals surface area contributed by atoms with Crippen molar-refractivity contribution < 1.29 is 19.1 Å². The highest BCUT2D eigenvalue weighted by Crippen LogP contribution is 2.57. The average Bonchev–Trinajstić information content (AvgIpc) is 2.80. The molecule has 4 rings (SSSR count). The van der Waals surface area contributed by atoms with Crippen LogP contribution in [0.5, 0.6) is 0 Å². The van der Waals surface area contributed by atoms with Crippen molar-refractivity contribution in [3.8, 4) is 0 Å². The summed E-state index contributed by atoms with van der Waals surface area (Å²) >= 11 is 25.0. The Morgan fingerprint density at radius 2 is 1.94 bits per heavy atom. The van der Waals surface area contributed by atoms with E-state index in [-0.39, 0.29) is 23.6 Å². The Hall–Kier alpha value is -0.590. The van der Waals surface area contributed by atoms with E-state index >= 15 is 0 Å². The number of β-lactam (4-membered cyclic amide) rings is 1. The first-order chi connectivity index (χ1) is 16.5. The van der Waals surface area contributed by atoms with Crippen molar-refractivity contribution in [3.63, 3.8) is 0 Å². The molecule has 2 fully saturated rings. The minimum Gasteiger partial charge on any atom is -0.391 e. The van der Waals surface area contributed by atoms with Gasteiger partial charge >= 0.3 is 11.9 Å². The van der Waals surface area contributed by atoms with Crippen LogP contribution in [0.15, 0.2) is 52.3 Å². The average molecular weight is 657 g/mol. The predicted molar refractivity (Wildman–Crippen MR) is 146 cm³/mol. The molecule has 0 spiro atoms. The molecule has 3 atom stereocenters. The zero-order valence-electron chi connectivity index (χ0n) is 17.8. The molecular weight excluding hydrogens is 639 g/mol. The topological polar surface area (TPSA) is 89.7 Å². The summed E-state index contributed by atoms with van der Waals surface area (Å²) in [6, 6.07) is 12.2. The molecule has 6 nitrogen and oxygen atoms in total. The third-order valence-corrected chi connectivity index (χ3v) is 11.9. The van der Waals surface area contributed by atoms with Gasteiger partial charge in [0.05, 0.1) is 29.1 Å². The van der Waals surface area contributed by atoms with Crippen molar-refractivity contribution in [2.24, 2.45) is 5.73 Å². The number of ether oxygens (including phenoxy) is 1. The summed E-state index contributed by atoms with van der Waals surface area (Å²) < 4.78 is 2.50. The van der Waals surface area contributed by atoms with E-state index in [2.05, 4.69) is 15.9 Å². The number of thioether (sulfide) groups is 3. The van der Waals surface area contributed by atoms with Crippen molar-refractivity contribution >= 4 is 104 Å². The van der Waals surface area contributed by atoms with Crippen molar-refractivity contribution in [1.29, 1.82) is 0 Å². The van der Waals surface area contributed by atoms with Crippen LogP contribution in [0.3, 0.4) is 0 Å². The lowest BCUT2D eigenvalue weighted by Gasteiger charge is -2.55. The smallest absolute Gasteiger partial charge is 0.335 e. The molecule has 13 heteroatoms. The number of halogens is 4. The standard InChI is InChI=1S/C22H18BrCl3N2O4S3/c23-22(27)21(11-28-17(29)8-18(28)35-22,34-14-4-1-12(9-24)2-5-14)20(31)32-19(30)10-33-16-6-3-13(25)7-15(16)26/h1-7,18H,8-11,27H2/t18-,21?,22?/m1/s1. The molecule has 35 heavy (non-hydrogen) atoms. The molecule has 0 aliphatic carbocycles. The van der Waals surface area contributed by atoms with Crippen LogP contribution >= 0.6 is 86.0 Å². The van der Waals surface area contributed by atoms with E-state index in [4.69, 9.17) is 45.3 Å². The van der Waals surface area contributed by atoms with Crippen LogP contribution in [-0.4, -0.2) is 48.9 Å². The zero-order chi connectivity index (χ0) is 25.4. The molecule has 2 saturated heterocycles. The number of fused-ring (bicyclic) bond motifs is 1. The fraction of sp³-hybridized carbons (Fsp3) is 0.318. The molecule has 2 aromatic carbocycles. The van der Waals surface area contributed by atoms with Crippen LogP contribution in [0, 0.1) is 0 Å². The van der Waals surface area contributed by atoms with E-state index in [0.717, 1.165) is 29.1 Å². The van der Waals surface area contributed by atoms with Gasteiger partial charge in [0.25, 0.3) is 0 Å². The van der Waals surface area contributed by atoms with Crippen molar-refractivity contribution in [3.05, 3.63) is 58.1 Å². The van der Waals surface area contributed by atoms with Gasteiger partial charge in [0.15, 0.2) is 4.75 Å². The third-order valence-electron chi connectivity index (χ3n) is 5.41. The van der Waals surface area contributed by atoms with Gasteiger partial charge in [-0.05, 0) is 35.9 Å². The van der Waals surface area contributed by atoms with Gasteiger partial charge in [0.1, 0.15) is 3.78 Å². The number of rotatable bonds is 7. The highest BCUT2D eigenvalue weighted by molar-refractivity contribution is 9.12. The summed E-state index contributed by atoms with van der Waals surface area (Å²) in [5.74, 6) is -1.48. The van der Waals surface area contributed by atoms with Gasteiger partial charge in [-0.25, -0.2) is 4.79 Å². The number of alkyl halides is 2. The van der Waals surface area contributed by atoms with Gasteiger partial charge < -0.3 is 15.4 Å². The van der Waals surface area contributed by atoms with Crippen molar-refractivity contribution in [1.82, 2.24) is 4.90 Å². The molecule has 2 aliphatic rings. The fourth-order valence-corrected chi connectivity index (χ4v) is 8.81. The monoisotopic (exact) mass is 654 g/mol. The van der Waals surface area contributed by atoms with Crippen molar-refractivity contribution in [2.75, 3.05) is 12.3 Å². The number of hydrogen-bond acceptors (Lipinski definition) is 8. The number of hydrogen-bond donors (Lipinski definition) is 1. The van der Waals surface area contributed by atoms with Gasteiger partial charge in [-0.1, -0.05) is 51.3 Å². The Morgan fingerprint density at radius 1 is 1.23 bits per heavy atom. The largest absolute Gasteiger partial charge is 0.391 e. The number of benzene rings is 2. The van der Waals surface area contributed by atoms with E-state index in [1.54, 1.807) is 23.1 Å². The Labute approximate surface area is 238 Å². The molecule has 2 unspecified atom stereocenters. The van der Waals surface area contributed by atoms with Crippen LogP contribution in [-0.2, 0) is 25.0 Å². The molecule has 0 aromatic heterocycles. The molecule has 2 N–H and O–H groups in total. The maximum atomic E-state index is 13.6. The minimum atomic E-state index is -1.50. The molecule has 0 radical (unpaired) electrons. The second-order valence-corrected chi connectivity index (χ2v) is 14.5. The highest BCUT2D eigenvalue weighted by Gasteiger charge is 2.65. The van der Waals surface area contributed by atoms with E-state index < -0.39 is 20.5 Å². The summed E-state index contributed by atoms with van der Waals surface area (Å²) in [5.41, 5.74) is 7.53. The first-order valence-electron chi connectivity index (χ1n) is 10.2. The number of nitrogens with zero attached hydrogens (tertiary/aromatic N) is 1. The first-order valence-corrected chi connectivity index (χ1v) is 14.9. The normalized spacial score (nSPS) is 25.6. The van der Waals surface area contributed by atoms with Gasteiger partial charge in [-0.15, -0.1) is 46.9 Å². The molecule has 186 valence electrons. The minimum absolute atomic E-state index is 0.00452. The number of amides is 1. The van der Waals surface area contributed by atoms with Crippen LogP contribution in [0.2, 0.25) is 10.0 Å². The lowest BCUT2D eigenvalue weighted by Crippen LogP contribution is -2.72. The maximum absolute atomic E-state index is 13.6. The molecule has 0 saturated carbocycles. The van der Waals surface area contributed by atoms with Gasteiger partial charge in [0.2, 0.25) is 5.91 Å². The Morgan fingerprint density at radius 3 is 2.57 bits per heavy atom. The Bertz CT molecular complexity index is 1170. The molecule has 2 aromatic rings. The molecule has 1 amide bonds. The van der Waals surface area contributed by atoms with E-state index in [1.165, 1.54) is 11.8 Å². The number of carbonyl (C=O) groups is 3. The van der Waals surface area contributed by atoms with Crippen LogP contribution in [0.25, 0.3) is 0 Å². The predicted octanol–water partition coefficient (Wildman–Crippen LogP) is 5.74. The van der Waals surface area contributed by atoms with Gasteiger partial charge in [-0.2, -0.15) is 0 Å². The van der Waals surface area contributed by atoms with E-state index in [9.17, 15) is 14.4 Å². The quantitative estimate of drug-likeness (QED) is 0.101. The molecule has 0 bridgehead atoms. The van der Waals surface area contributed by atoms with Crippen molar-refractivity contribution in [2.45, 2.75) is 36.0 Å². The lowest BCUT2D eigenvalue weighted by atomic mass is 10.0. The summed E-state index contributed by atoms with van der Waals surface area (Å²) in [6.07, 6.45) is 0.340. The highest BCUT2D eigenvalue weighted by atomic mass is 79.9. The second-order valence-electron chi connectivity index (χ2n) is 7.77. The van der Waals surface area contributed by atoms with Crippen LogP contribution < -0.4 is 5.73 Å². The fourth-order valence-electron chi connectivity index (χ4n) is 3.50. The molecular formula is C22H18BrCl3N2O4S3. The summed E-state index contributed by atoms with van der Waals surface area (Å²) in [6.45, 7) is -0.00452. The summed E-state index contributed by atoms with van der Waals surface area (Å²) in [4.78, 5) is 41.4. The SMILES string of the molecule is NC1(Br)S[C@@H]2CC(=O)N2CC1(Sc1ccc(CCl)cc1)C(=O)OC(=O)CSc1ccc(Cl)cc1Cl. The van der Waals surface area contributed by atoms with Gasteiger partial charge in [0, 0.05) is 20.7 Å². The summed E-state index contributed by atoms with van der Waals surface area (Å²) in [5, 5.41) is 0.715. The molecule has 2 heterocycles. The number of esters is 2. The molecule has 2 aliphatic heterocycles. The first kappa shape index (κ1) is 27.4.